The van der Waals surface area contributed by atoms with E-state index in [1.807, 2.05) is 55.4 Å². The van der Waals surface area contributed by atoms with Crippen LogP contribution >= 0.6 is 0 Å². The number of rotatable bonds is 5. The van der Waals surface area contributed by atoms with Gasteiger partial charge in [-0.1, -0.05) is 45.0 Å². The van der Waals surface area contributed by atoms with Gasteiger partial charge in [0.15, 0.2) is 0 Å². The standard InChI is InChI=1S/C27H32N2O4/c1-27(2,3)20-9-6-17(7-10-20)23-22(25(31)26(32)29(23)14-13-28(4)5)24(30)19-8-11-21-18(16-19)12-15-33-21/h6-11,16,23,30H,12-15H2,1-5H3/b24-22-. The van der Waals surface area contributed by atoms with Gasteiger partial charge in [-0.15, -0.1) is 0 Å². The molecule has 174 valence electrons. The second kappa shape index (κ2) is 8.67. The third-order valence-corrected chi connectivity index (χ3v) is 6.38. The summed E-state index contributed by atoms with van der Waals surface area (Å²) < 4.78 is 5.57. The van der Waals surface area contributed by atoms with Gasteiger partial charge in [0.1, 0.15) is 11.5 Å². The molecule has 2 heterocycles. The number of carbonyl (C=O) groups excluding carboxylic acids is 2. The molecule has 1 amide bonds. The van der Waals surface area contributed by atoms with Gasteiger partial charge in [-0.2, -0.15) is 0 Å². The highest BCUT2D eigenvalue weighted by atomic mass is 16.5. The lowest BCUT2D eigenvalue weighted by Crippen LogP contribution is -2.35. The molecule has 6 nitrogen and oxygen atoms in total. The van der Waals surface area contributed by atoms with Gasteiger partial charge in [0.25, 0.3) is 11.7 Å². The van der Waals surface area contributed by atoms with Gasteiger partial charge in [-0.3, -0.25) is 9.59 Å². The number of hydrogen-bond donors (Lipinski definition) is 1. The fraction of sp³-hybridized carbons (Fsp3) is 0.407. The zero-order chi connectivity index (χ0) is 23.9. The number of amides is 1. The summed E-state index contributed by atoms with van der Waals surface area (Å²) in [5.74, 6) is -0.562. The predicted molar refractivity (Wildman–Crippen MR) is 128 cm³/mol. The molecular formula is C27H32N2O4. The molecule has 2 aromatic carbocycles. The molecule has 4 rings (SSSR count). The topological polar surface area (TPSA) is 70.1 Å². The van der Waals surface area contributed by atoms with Crippen LogP contribution in [0.15, 0.2) is 48.0 Å². The SMILES string of the molecule is CN(C)CCN1C(=O)C(=O)/C(=C(\O)c2ccc3c(c2)CCO3)C1c1ccc(C(C)(C)C)cc1. The van der Waals surface area contributed by atoms with Gasteiger partial charge in [0.2, 0.25) is 0 Å². The molecule has 2 aromatic rings. The molecule has 1 atom stereocenters. The summed E-state index contributed by atoms with van der Waals surface area (Å²) in [6.45, 7) is 8.03. The molecule has 2 aliphatic rings. The van der Waals surface area contributed by atoms with E-state index in [0.29, 0.717) is 25.3 Å². The smallest absolute Gasteiger partial charge is 0.295 e. The van der Waals surface area contributed by atoms with Crippen molar-refractivity contribution in [2.24, 2.45) is 0 Å². The summed E-state index contributed by atoms with van der Waals surface area (Å²) in [5, 5.41) is 11.3. The number of hydrogen-bond acceptors (Lipinski definition) is 5. The highest BCUT2D eigenvalue weighted by Crippen LogP contribution is 2.40. The maximum absolute atomic E-state index is 13.2. The van der Waals surface area contributed by atoms with Crippen LogP contribution in [0.1, 0.15) is 49.1 Å². The van der Waals surface area contributed by atoms with Crippen LogP contribution in [-0.4, -0.2) is 60.4 Å². The van der Waals surface area contributed by atoms with E-state index in [2.05, 4.69) is 20.8 Å². The number of ketones is 1. The van der Waals surface area contributed by atoms with Gasteiger partial charge in [-0.25, -0.2) is 0 Å². The number of Topliss-reactive ketones (excluding diaryl/α,β-unsaturated/α-hetero) is 1. The van der Waals surface area contributed by atoms with Crippen molar-refractivity contribution < 1.29 is 19.4 Å². The first-order valence-electron chi connectivity index (χ1n) is 11.4. The van der Waals surface area contributed by atoms with Crippen molar-refractivity contribution in [1.29, 1.82) is 0 Å². The van der Waals surface area contributed by atoms with E-state index < -0.39 is 17.7 Å². The molecule has 1 N–H and O–H groups in total. The summed E-state index contributed by atoms with van der Waals surface area (Å²) in [7, 11) is 3.85. The Hall–Kier alpha value is -3.12. The Morgan fingerprint density at radius 1 is 1.12 bits per heavy atom. The normalized spacial score (nSPS) is 19.8. The zero-order valence-corrected chi connectivity index (χ0v) is 20.0. The zero-order valence-electron chi connectivity index (χ0n) is 20.0. The summed E-state index contributed by atoms with van der Waals surface area (Å²) in [6, 6.07) is 12.8. The number of aliphatic hydroxyl groups is 1. The lowest BCUT2D eigenvalue weighted by atomic mass is 9.85. The fourth-order valence-corrected chi connectivity index (χ4v) is 4.42. The van der Waals surface area contributed by atoms with Crippen LogP contribution in [0, 0.1) is 0 Å². The molecule has 0 radical (unpaired) electrons. The van der Waals surface area contributed by atoms with E-state index in [4.69, 9.17) is 4.74 Å². The summed E-state index contributed by atoms with van der Waals surface area (Å²) in [4.78, 5) is 29.8. The van der Waals surface area contributed by atoms with Gasteiger partial charge >= 0.3 is 0 Å². The van der Waals surface area contributed by atoms with Crippen molar-refractivity contribution in [3.05, 3.63) is 70.3 Å². The number of nitrogens with zero attached hydrogens (tertiary/aromatic N) is 2. The van der Waals surface area contributed by atoms with Crippen molar-refractivity contribution in [2.45, 2.75) is 38.6 Å². The van der Waals surface area contributed by atoms with E-state index in [9.17, 15) is 14.7 Å². The van der Waals surface area contributed by atoms with Crippen LogP contribution in [0.25, 0.3) is 5.76 Å². The van der Waals surface area contributed by atoms with Crippen LogP contribution in [-0.2, 0) is 21.4 Å². The molecule has 6 heteroatoms. The van der Waals surface area contributed by atoms with Crippen LogP contribution in [0.4, 0.5) is 0 Å². The van der Waals surface area contributed by atoms with Crippen molar-refractivity contribution in [1.82, 2.24) is 9.80 Å². The third kappa shape index (κ3) is 4.40. The van der Waals surface area contributed by atoms with Gasteiger partial charge in [0, 0.05) is 25.1 Å². The quantitative estimate of drug-likeness (QED) is 0.427. The third-order valence-electron chi connectivity index (χ3n) is 6.38. The highest BCUT2D eigenvalue weighted by Gasteiger charge is 2.46. The predicted octanol–water partition coefficient (Wildman–Crippen LogP) is 3.90. The van der Waals surface area contributed by atoms with Gasteiger partial charge < -0.3 is 19.6 Å². The Morgan fingerprint density at radius 2 is 1.82 bits per heavy atom. The molecule has 0 bridgehead atoms. The molecule has 0 aliphatic carbocycles. The van der Waals surface area contributed by atoms with Crippen LogP contribution in [0.2, 0.25) is 0 Å². The van der Waals surface area contributed by atoms with E-state index in [-0.39, 0.29) is 16.7 Å². The summed E-state index contributed by atoms with van der Waals surface area (Å²) >= 11 is 0. The van der Waals surface area contributed by atoms with Gasteiger partial charge in [-0.05, 0) is 54.4 Å². The Balaban J connectivity index is 1.81. The maximum atomic E-state index is 13.2. The first-order chi connectivity index (χ1) is 15.6. The lowest BCUT2D eigenvalue weighted by molar-refractivity contribution is -0.140. The van der Waals surface area contributed by atoms with Crippen LogP contribution in [0.5, 0.6) is 5.75 Å². The van der Waals surface area contributed by atoms with E-state index in [0.717, 1.165) is 28.9 Å². The molecule has 2 aliphatic heterocycles. The van der Waals surface area contributed by atoms with Crippen LogP contribution in [0.3, 0.4) is 0 Å². The largest absolute Gasteiger partial charge is 0.507 e. The summed E-state index contributed by atoms with van der Waals surface area (Å²) in [5.41, 5.74) is 3.62. The Bertz CT molecular complexity index is 1110. The molecular weight excluding hydrogens is 416 g/mol. The molecule has 1 unspecified atom stereocenters. The van der Waals surface area contributed by atoms with Crippen LogP contribution < -0.4 is 4.74 Å². The summed E-state index contributed by atoms with van der Waals surface area (Å²) in [6.07, 6.45) is 0.755. The Morgan fingerprint density at radius 3 is 2.45 bits per heavy atom. The first kappa shape index (κ1) is 23.1. The number of likely N-dealkylation sites (N-methyl/N-ethyl adjacent to an activating group) is 1. The molecule has 1 fully saturated rings. The lowest BCUT2D eigenvalue weighted by Gasteiger charge is -2.27. The van der Waals surface area contributed by atoms with Crippen molar-refractivity contribution in [2.75, 3.05) is 33.8 Å². The second-order valence-corrected chi connectivity index (χ2v) is 10.1. The van der Waals surface area contributed by atoms with Crippen molar-refractivity contribution >= 4 is 17.4 Å². The minimum atomic E-state index is -0.645. The molecule has 0 spiro atoms. The van der Waals surface area contributed by atoms with E-state index >= 15 is 0 Å². The maximum Gasteiger partial charge on any atom is 0.295 e. The molecule has 0 aromatic heterocycles. The Labute approximate surface area is 195 Å². The average molecular weight is 449 g/mol. The highest BCUT2D eigenvalue weighted by molar-refractivity contribution is 6.46. The fourth-order valence-electron chi connectivity index (χ4n) is 4.42. The van der Waals surface area contributed by atoms with E-state index in [1.165, 1.54) is 0 Å². The number of likely N-dealkylation sites (tertiary alicyclic amines) is 1. The minimum absolute atomic E-state index is 0.0161. The monoisotopic (exact) mass is 448 g/mol. The Kier molecular flexibility index (Phi) is 6.06. The first-order valence-corrected chi connectivity index (χ1v) is 11.4. The van der Waals surface area contributed by atoms with Crippen molar-refractivity contribution in [3.8, 4) is 5.75 Å². The second-order valence-electron chi connectivity index (χ2n) is 10.1. The van der Waals surface area contributed by atoms with Crippen molar-refractivity contribution in [3.63, 3.8) is 0 Å². The number of carbonyl (C=O) groups is 2. The number of benzene rings is 2. The van der Waals surface area contributed by atoms with Gasteiger partial charge in [0.05, 0.1) is 18.2 Å². The average Bonchev–Trinajstić information content (AvgIpc) is 3.33. The molecule has 0 saturated carbocycles. The number of fused-ring (bicyclic) bond motifs is 1. The molecule has 1 saturated heterocycles. The van der Waals surface area contributed by atoms with E-state index in [1.54, 1.807) is 11.0 Å². The number of aliphatic hydroxyl groups excluding tert-OH is 1. The minimum Gasteiger partial charge on any atom is -0.507 e. The molecule has 33 heavy (non-hydrogen) atoms. The number of ether oxygens (including phenoxy) is 1.